The number of hydrogen-bond acceptors (Lipinski definition) is 4. The summed E-state index contributed by atoms with van der Waals surface area (Å²) in [4.78, 5) is 22.5. The van der Waals surface area contributed by atoms with Crippen LogP contribution in [-0.2, 0) is 4.79 Å². The predicted molar refractivity (Wildman–Crippen MR) is 123 cm³/mol. The second-order valence-electron chi connectivity index (χ2n) is 8.21. The minimum atomic E-state index is -2.88. The average Bonchev–Trinajstić information content (AvgIpc) is 2.79. The number of rotatable bonds is 5. The number of fused-ring (bicyclic) bond motifs is 1. The molecule has 1 aliphatic heterocycles. The molecule has 8 heteroatoms. The Balaban J connectivity index is 1.69. The number of carbonyl (C=O) groups excluding carboxylic acids is 1. The molecule has 0 radical (unpaired) electrons. The molecule has 2 aromatic heterocycles. The molecule has 1 aromatic carbocycles. The molecule has 5 nitrogen and oxygen atoms in total. The van der Waals surface area contributed by atoms with Crippen molar-refractivity contribution in [1.82, 2.24) is 14.9 Å². The number of halogens is 3. The van der Waals surface area contributed by atoms with Gasteiger partial charge in [-0.15, -0.1) is 0 Å². The molecule has 1 N–H and O–H groups in total. The maximum atomic E-state index is 14.7. The van der Waals surface area contributed by atoms with Gasteiger partial charge in [0.1, 0.15) is 5.82 Å². The van der Waals surface area contributed by atoms with Crippen LogP contribution in [0.2, 0.25) is 0 Å². The van der Waals surface area contributed by atoms with Crippen LogP contribution in [0.5, 0.6) is 0 Å². The van der Waals surface area contributed by atoms with Crippen LogP contribution in [-0.4, -0.2) is 33.9 Å². The minimum absolute atomic E-state index is 0.0424. The van der Waals surface area contributed by atoms with E-state index in [0.717, 1.165) is 28.4 Å². The van der Waals surface area contributed by atoms with Crippen molar-refractivity contribution in [3.8, 4) is 0 Å². The molecule has 0 saturated heterocycles. The molecule has 0 bridgehead atoms. The van der Waals surface area contributed by atoms with Crippen LogP contribution in [0.25, 0.3) is 16.5 Å². The molecule has 0 aliphatic carbocycles. The van der Waals surface area contributed by atoms with Crippen LogP contribution >= 0.6 is 0 Å². The van der Waals surface area contributed by atoms with Crippen LogP contribution in [0.1, 0.15) is 55.3 Å². The number of alkyl halides is 2. The fourth-order valence-corrected chi connectivity index (χ4v) is 4.17. The van der Waals surface area contributed by atoms with Crippen molar-refractivity contribution in [3.05, 3.63) is 70.9 Å². The Morgan fingerprint density at radius 3 is 2.64 bits per heavy atom. The van der Waals surface area contributed by atoms with Crippen LogP contribution < -0.4 is 5.32 Å². The van der Waals surface area contributed by atoms with E-state index in [1.807, 2.05) is 19.1 Å². The van der Waals surface area contributed by atoms with Gasteiger partial charge in [0, 0.05) is 42.8 Å². The van der Waals surface area contributed by atoms with Gasteiger partial charge in [-0.2, -0.15) is 0 Å². The van der Waals surface area contributed by atoms with Crippen molar-refractivity contribution < 1.29 is 18.0 Å². The van der Waals surface area contributed by atoms with E-state index >= 15 is 0 Å². The first kappa shape index (κ1) is 22.8. The SMILES string of the molecule is CC(=O)N1CC=C(c2cc3c(N[C@H](C)c4cccc(C(F)F)c4F)ccnc3c(C)n2)CC1. The van der Waals surface area contributed by atoms with Crippen molar-refractivity contribution in [3.63, 3.8) is 0 Å². The van der Waals surface area contributed by atoms with Crippen molar-refractivity contribution in [2.45, 2.75) is 39.7 Å². The van der Waals surface area contributed by atoms with Gasteiger partial charge in [-0.3, -0.25) is 14.8 Å². The normalized spacial score (nSPS) is 15.0. The van der Waals surface area contributed by atoms with Crippen LogP contribution in [0.3, 0.4) is 0 Å². The summed E-state index contributed by atoms with van der Waals surface area (Å²) in [6.45, 7) is 6.34. The third kappa shape index (κ3) is 4.55. The van der Waals surface area contributed by atoms with E-state index in [1.54, 1.807) is 31.0 Å². The van der Waals surface area contributed by atoms with E-state index in [9.17, 15) is 18.0 Å². The maximum absolute atomic E-state index is 14.7. The number of benzene rings is 1. The Morgan fingerprint density at radius 2 is 1.97 bits per heavy atom. The first-order chi connectivity index (χ1) is 15.8. The lowest BCUT2D eigenvalue weighted by molar-refractivity contribution is -0.128. The van der Waals surface area contributed by atoms with E-state index in [2.05, 4.69) is 10.3 Å². The van der Waals surface area contributed by atoms with E-state index in [4.69, 9.17) is 4.98 Å². The average molecular weight is 454 g/mol. The molecule has 1 aliphatic rings. The lowest BCUT2D eigenvalue weighted by Crippen LogP contribution is -2.32. The number of pyridine rings is 2. The molecular weight excluding hydrogens is 429 g/mol. The summed E-state index contributed by atoms with van der Waals surface area (Å²) in [6, 6.07) is 7.21. The molecule has 33 heavy (non-hydrogen) atoms. The van der Waals surface area contributed by atoms with E-state index in [-0.39, 0.29) is 11.5 Å². The number of hydrogen-bond donors (Lipinski definition) is 1. The summed E-state index contributed by atoms with van der Waals surface area (Å²) in [5.41, 5.74) is 3.59. The van der Waals surface area contributed by atoms with E-state index in [1.165, 1.54) is 12.1 Å². The first-order valence-electron chi connectivity index (χ1n) is 10.8. The molecular formula is C25H25F3N4O. The fourth-order valence-electron chi connectivity index (χ4n) is 4.17. The van der Waals surface area contributed by atoms with Gasteiger partial charge < -0.3 is 10.2 Å². The quantitative estimate of drug-likeness (QED) is 0.528. The number of aryl methyl sites for hydroxylation is 1. The first-order valence-corrected chi connectivity index (χ1v) is 10.8. The van der Waals surface area contributed by atoms with Gasteiger partial charge in [-0.25, -0.2) is 13.2 Å². The number of aromatic nitrogens is 2. The van der Waals surface area contributed by atoms with Gasteiger partial charge in [-0.05, 0) is 38.0 Å². The summed E-state index contributed by atoms with van der Waals surface area (Å²) in [7, 11) is 0. The largest absolute Gasteiger partial charge is 0.378 e. The Labute approximate surface area is 190 Å². The molecule has 4 rings (SSSR count). The summed E-state index contributed by atoms with van der Waals surface area (Å²) >= 11 is 0. The highest BCUT2D eigenvalue weighted by atomic mass is 19.3. The standard InChI is InChI=1S/C25H25F3N4O/c1-14(18-5-4-6-19(23(18)26)25(27)28)30-21-7-10-29-24-15(2)31-22(13-20(21)24)17-8-11-32(12-9-17)16(3)33/h4-8,10,13-14,25H,9,11-12H2,1-3H3,(H,29,30)/t14-/m1/s1. The maximum Gasteiger partial charge on any atom is 0.266 e. The molecule has 3 aromatic rings. The smallest absolute Gasteiger partial charge is 0.266 e. The molecule has 0 spiro atoms. The lowest BCUT2D eigenvalue weighted by Gasteiger charge is -2.25. The zero-order valence-corrected chi connectivity index (χ0v) is 18.7. The highest BCUT2D eigenvalue weighted by Gasteiger charge is 2.21. The number of amides is 1. The monoisotopic (exact) mass is 454 g/mol. The van der Waals surface area contributed by atoms with Crippen LogP contribution in [0.15, 0.2) is 42.6 Å². The predicted octanol–water partition coefficient (Wildman–Crippen LogP) is 5.82. The molecule has 0 saturated carbocycles. The molecule has 3 heterocycles. The topological polar surface area (TPSA) is 58.1 Å². The van der Waals surface area contributed by atoms with Gasteiger partial charge in [0.15, 0.2) is 0 Å². The molecule has 172 valence electrons. The van der Waals surface area contributed by atoms with Crippen LogP contribution in [0, 0.1) is 12.7 Å². The Bertz CT molecular complexity index is 1240. The molecule has 1 atom stereocenters. The van der Waals surface area contributed by atoms with Gasteiger partial charge in [0.2, 0.25) is 5.91 Å². The zero-order valence-electron chi connectivity index (χ0n) is 18.7. The van der Waals surface area contributed by atoms with Crippen molar-refractivity contribution in [1.29, 1.82) is 0 Å². The van der Waals surface area contributed by atoms with Gasteiger partial charge >= 0.3 is 0 Å². The summed E-state index contributed by atoms with van der Waals surface area (Å²) in [5, 5.41) is 4.07. The fraction of sp³-hybridized carbons (Fsp3) is 0.320. The highest BCUT2D eigenvalue weighted by Crippen LogP contribution is 2.33. The molecule has 0 unspecified atom stereocenters. The molecule has 1 amide bonds. The van der Waals surface area contributed by atoms with E-state index < -0.39 is 23.8 Å². The molecule has 0 fully saturated rings. The third-order valence-corrected chi connectivity index (χ3v) is 6.02. The Kier molecular flexibility index (Phi) is 6.35. The summed E-state index contributed by atoms with van der Waals surface area (Å²) in [5.74, 6) is -0.854. The number of anilines is 1. The highest BCUT2D eigenvalue weighted by molar-refractivity contribution is 5.94. The lowest BCUT2D eigenvalue weighted by atomic mass is 10.0. The van der Waals surface area contributed by atoms with Gasteiger partial charge in [0.05, 0.1) is 28.5 Å². The zero-order chi connectivity index (χ0) is 23.7. The number of nitrogens with one attached hydrogen (secondary N) is 1. The van der Waals surface area contributed by atoms with E-state index in [0.29, 0.717) is 30.7 Å². The summed E-state index contributed by atoms with van der Waals surface area (Å²) in [6.07, 6.45) is 1.47. The Hall–Kier alpha value is -3.42. The second kappa shape index (κ2) is 9.21. The van der Waals surface area contributed by atoms with Gasteiger partial charge in [0.25, 0.3) is 6.43 Å². The van der Waals surface area contributed by atoms with Crippen molar-refractivity contribution in [2.24, 2.45) is 0 Å². The number of carbonyl (C=O) groups is 1. The second-order valence-corrected chi connectivity index (χ2v) is 8.21. The van der Waals surface area contributed by atoms with Gasteiger partial charge in [-0.1, -0.05) is 24.3 Å². The van der Waals surface area contributed by atoms with Crippen LogP contribution in [0.4, 0.5) is 18.9 Å². The number of nitrogens with zero attached hydrogens (tertiary/aromatic N) is 3. The van der Waals surface area contributed by atoms with Crippen molar-refractivity contribution in [2.75, 3.05) is 18.4 Å². The minimum Gasteiger partial charge on any atom is -0.378 e. The summed E-state index contributed by atoms with van der Waals surface area (Å²) < 4.78 is 40.9. The Morgan fingerprint density at radius 1 is 1.21 bits per heavy atom. The third-order valence-electron chi connectivity index (χ3n) is 6.02. The van der Waals surface area contributed by atoms with Crippen molar-refractivity contribution >= 4 is 28.1 Å².